The lowest BCUT2D eigenvalue weighted by Gasteiger charge is -2.19. The summed E-state index contributed by atoms with van der Waals surface area (Å²) in [5.41, 5.74) is 1.30. The number of aromatic nitrogens is 2. The fraction of sp³-hybridized carbons (Fsp3) is 0.273. The summed E-state index contributed by atoms with van der Waals surface area (Å²) in [7, 11) is 0.119. The molecule has 10 nitrogen and oxygen atoms in total. The molecule has 1 amide bonds. The number of nitrogens with zero attached hydrogens (tertiary/aromatic N) is 3. The summed E-state index contributed by atoms with van der Waals surface area (Å²) in [5, 5.41) is 7.02. The van der Waals surface area contributed by atoms with Gasteiger partial charge in [-0.2, -0.15) is 5.10 Å². The maximum Gasteiger partial charge on any atom is 0.262 e. The first-order chi connectivity index (χ1) is 15.8. The van der Waals surface area contributed by atoms with Crippen LogP contribution in [-0.4, -0.2) is 62.9 Å². The van der Waals surface area contributed by atoms with Gasteiger partial charge in [-0.3, -0.25) is 14.2 Å². The molecule has 2 N–H and O–H groups in total. The molecule has 4 rings (SSSR count). The van der Waals surface area contributed by atoms with Crippen molar-refractivity contribution in [2.45, 2.75) is 11.4 Å². The molecule has 0 bridgehead atoms. The maximum atomic E-state index is 12.7. The van der Waals surface area contributed by atoms with E-state index < -0.39 is 10.0 Å². The number of hydrogen-bond acceptors (Lipinski definition) is 7. The molecule has 1 aliphatic rings. The Hall–Kier alpha value is -3.57. The molecule has 33 heavy (non-hydrogen) atoms. The van der Waals surface area contributed by atoms with Crippen LogP contribution in [0.1, 0.15) is 10.4 Å². The first kappa shape index (κ1) is 22.6. The number of fused-ring (bicyclic) bond motifs is 1. The summed E-state index contributed by atoms with van der Waals surface area (Å²) in [6.45, 7) is 2.33. The maximum absolute atomic E-state index is 12.7. The van der Waals surface area contributed by atoms with Gasteiger partial charge < -0.3 is 19.7 Å². The highest BCUT2D eigenvalue weighted by atomic mass is 32.2. The molecular formula is C22H25N5O5S. The van der Waals surface area contributed by atoms with Crippen LogP contribution < -0.4 is 19.5 Å². The Morgan fingerprint density at radius 3 is 2.52 bits per heavy atom. The van der Waals surface area contributed by atoms with E-state index in [1.54, 1.807) is 35.3 Å². The molecular weight excluding hydrogens is 446 g/mol. The highest BCUT2D eigenvalue weighted by molar-refractivity contribution is 7.92. The normalized spacial score (nSPS) is 13.1. The van der Waals surface area contributed by atoms with Gasteiger partial charge in [0.2, 0.25) is 0 Å². The number of hydrogen-bond donors (Lipinski definition) is 2. The van der Waals surface area contributed by atoms with Crippen molar-refractivity contribution in [2.75, 3.05) is 43.9 Å². The molecule has 174 valence electrons. The molecule has 0 saturated carbocycles. The van der Waals surface area contributed by atoms with Crippen molar-refractivity contribution in [3.05, 3.63) is 60.4 Å². The molecule has 1 aliphatic heterocycles. The second-order valence-corrected chi connectivity index (χ2v) is 9.42. The predicted octanol–water partition coefficient (Wildman–Crippen LogP) is 2.27. The molecule has 0 fully saturated rings. The molecule has 3 aromatic rings. The molecule has 0 aliphatic carbocycles. The topological polar surface area (TPSA) is 115 Å². The zero-order valence-corrected chi connectivity index (χ0v) is 19.1. The average molecular weight is 472 g/mol. The summed E-state index contributed by atoms with van der Waals surface area (Å²) in [6, 6.07) is 10.6. The van der Waals surface area contributed by atoms with Crippen molar-refractivity contribution >= 4 is 27.3 Å². The minimum Gasteiger partial charge on any atom is -0.486 e. The summed E-state index contributed by atoms with van der Waals surface area (Å²) < 4.78 is 40.6. The van der Waals surface area contributed by atoms with Crippen LogP contribution in [0.2, 0.25) is 0 Å². The predicted molar refractivity (Wildman–Crippen MR) is 123 cm³/mol. The second-order valence-electron chi connectivity index (χ2n) is 7.74. The third-order valence-corrected chi connectivity index (χ3v) is 6.27. The number of sulfonamides is 1. The van der Waals surface area contributed by atoms with Gasteiger partial charge in [0.15, 0.2) is 11.5 Å². The standard InChI is InChI=1S/C22H25N5O5S/c1-26(2)9-10-27-15-18(14-23-27)24-22(28)16-3-5-17(6-4-16)25-33(29,30)19-7-8-20-21(13-19)32-12-11-31-20/h3-8,13-15,25H,9-12H2,1-2H3,(H,24,28). The molecule has 0 radical (unpaired) electrons. The van der Waals surface area contributed by atoms with E-state index in [9.17, 15) is 13.2 Å². The van der Waals surface area contributed by atoms with Crippen LogP contribution in [0.15, 0.2) is 59.8 Å². The molecule has 1 aromatic heterocycles. The van der Waals surface area contributed by atoms with Crippen molar-refractivity contribution in [1.29, 1.82) is 0 Å². The third-order valence-electron chi connectivity index (χ3n) is 4.89. The lowest BCUT2D eigenvalue weighted by molar-refractivity contribution is 0.102. The first-order valence-electron chi connectivity index (χ1n) is 10.3. The van der Waals surface area contributed by atoms with Gasteiger partial charge in [0.25, 0.3) is 15.9 Å². The number of rotatable bonds is 8. The van der Waals surface area contributed by atoms with Crippen LogP contribution in [0, 0.1) is 0 Å². The van der Waals surface area contributed by atoms with Crippen molar-refractivity contribution in [3.63, 3.8) is 0 Å². The van der Waals surface area contributed by atoms with Crippen LogP contribution in [0.5, 0.6) is 11.5 Å². The van der Waals surface area contributed by atoms with E-state index in [2.05, 4.69) is 15.1 Å². The summed E-state index contributed by atoms with van der Waals surface area (Å²) in [4.78, 5) is 14.6. The number of ether oxygens (including phenoxy) is 2. The van der Waals surface area contributed by atoms with Crippen LogP contribution >= 0.6 is 0 Å². The van der Waals surface area contributed by atoms with E-state index in [0.29, 0.717) is 48.2 Å². The molecule has 0 unspecified atom stereocenters. The van der Waals surface area contributed by atoms with Crippen molar-refractivity contribution < 1.29 is 22.7 Å². The Bertz CT molecular complexity index is 1240. The van der Waals surface area contributed by atoms with Crippen LogP contribution in [0.25, 0.3) is 0 Å². The van der Waals surface area contributed by atoms with Crippen LogP contribution in [-0.2, 0) is 16.6 Å². The van der Waals surface area contributed by atoms with Gasteiger partial charge in [-0.1, -0.05) is 0 Å². The number of anilines is 2. The van der Waals surface area contributed by atoms with E-state index >= 15 is 0 Å². The number of likely N-dealkylation sites (N-methyl/N-ethyl adjacent to an activating group) is 1. The van der Waals surface area contributed by atoms with E-state index in [-0.39, 0.29) is 10.8 Å². The molecule has 11 heteroatoms. The average Bonchev–Trinajstić information content (AvgIpc) is 3.25. The molecule has 2 heterocycles. The fourth-order valence-electron chi connectivity index (χ4n) is 3.15. The van der Waals surface area contributed by atoms with Gasteiger partial charge in [-0.05, 0) is 50.5 Å². The van der Waals surface area contributed by atoms with Crippen molar-refractivity contribution in [3.8, 4) is 11.5 Å². The highest BCUT2D eigenvalue weighted by Crippen LogP contribution is 2.32. The van der Waals surface area contributed by atoms with Crippen LogP contribution in [0.3, 0.4) is 0 Å². The minimum absolute atomic E-state index is 0.0554. The van der Waals surface area contributed by atoms with E-state index in [1.165, 1.54) is 24.3 Å². The molecule has 0 spiro atoms. The van der Waals surface area contributed by atoms with Crippen molar-refractivity contribution in [2.24, 2.45) is 0 Å². The smallest absolute Gasteiger partial charge is 0.262 e. The number of amides is 1. The lowest BCUT2D eigenvalue weighted by Crippen LogP contribution is -2.18. The molecule has 0 saturated heterocycles. The Kier molecular flexibility index (Phi) is 6.52. The van der Waals surface area contributed by atoms with E-state index in [4.69, 9.17) is 9.47 Å². The van der Waals surface area contributed by atoms with Crippen molar-refractivity contribution in [1.82, 2.24) is 14.7 Å². The van der Waals surface area contributed by atoms with Gasteiger partial charge in [-0.25, -0.2) is 8.42 Å². The SMILES string of the molecule is CN(C)CCn1cc(NC(=O)c2ccc(NS(=O)(=O)c3ccc4c(c3)OCCO4)cc2)cn1. The van der Waals surface area contributed by atoms with Gasteiger partial charge in [0, 0.05) is 30.1 Å². The van der Waals surface area contributed by atoms with Gasteiger partial charge >= 0.3 is 0 Å². The zero-order valence-electron chi connectivity index (χ0n) is 18.3. The van der Waals surface area contributed by atoms with Gasteiger partial charge in [0.1, 0.15) is 13.2 Å². The third kappa shape index (κ3) is 5.62. The fourth-order valence-corrected chi connectivity index (χ4v) is 4.22. The Balaban J connectivity index is 1.39. The summed E-state index contributed by atoms with van der Waals surface area (Å²) >= 11 is 0. The zero-order chi connectivity index (χ0) is 23.4. The summed E-state index contributed by atoms with van der Waals surface area (Å²) in [6.07, 6.45) is 3.35. The first-order valence-corrected chi connectivity index (χ1v) is 11.8. The number of benzene rings is 2. The monoisotopic (exact) mass is 471 g/mol. The quantitative estimate of drug-likeness (QED) is 0.518. The van der Waals surface area contributed by atoms with Gasteiger partial charge in [-0.15, -0.1) is 0 Å². The van der Waals surface area contributed by atoms with E-state index in [1.807, 2.05) is 19.0 Å². The molecule has 2 aromatic carbocycles. The van der Waals surface area contributed by atoms with Gasteiger partial charge in [0.05, 0.1) is 23.3 Å². The van der Waals surface area contributed by atoms with Crippen LogP contribution in [0.4, 0.5) is 11.4 Å². The van der Waals surface area contributed by atoms with E-state index in [0.717, 1.165) is 6.54 Å². The number of nitrogens with one attached hydrogen (secondary N) is 2. The lowest BCUT2D eigenvalue weighted by atomic mass is 10.2. The Morgan fingerprint density at radius 1 is 1.06 bits per heavy atom. The number of carbonyl (C=O) groups is 1. The summed E-state index contributed by atoms with van der Waals surface area (Å²) in [5.74, 6) is 0.586. The highest BCUT2D eigenvalue weighted by Gasteiger charge is 2.19. The number of carbonyl (C=O) groups excluding carboxylic acids is 1. The molecule has 0 atom stereocenters. The minimum atomic E-state index is -3.84. The second kappa shape index (κ2) is 9.51. The Labute approximate surface area is 192 Å². The Morgan fingerprint density at radius 2 is 1.79 bits per heavy atom. The largest absolute Gasteiger partial charge is 0.486 e.